The second-order valence-electron chi connectivity index (χ2n) is 4.31. The van der Waals surface area contributed by atoms with Crippen molar-refractivity contribution in [1.29, 1.82) is 0 Å². The van der Waals surface area contributed by atoms with Gasteiger partial charge < -0.3 is 19.3 Å². The Morgan fingerprint density at radius 1 is 1.38 bits per heavy atom. The van der Waals surface area contributed by atoms with Crippen molar-refractivity contribution in [3.63, 3.8) is 0 Å². The minimum atomic E-state index is -0.543. The molecule has 0 saturated carbocycles. The Morgan fingerprint density at radius 3 is 2.81 bits per heavy atom. The Labute approximate surface area is 122 Å². The number of hydroxylamine groups is 2. The molecule has 0 aromatic carbocycles. The number of nitrogens with zero attached hydrogens (tertiary/aromatic N) is 2. The predicted octanol–water partition coefficient (Wildman–Crippen LogP) is -0.355. The van der Waals surface area contributed by atoms with Gasteiger partial charge in [-0.05, 0) is 6.42 Å². The fourth-order valence-corrected chi connectivity index (χ4v) is 1.82. The zero-order valence-corrected chi connectivity index (χ0v) is 11.7. The van der Waals surface area contributed by atoms with Crippen molar-refractivity contribution in [1.82, 2.24) is 9.96 Å². The third kappa shape index (κ3) is 5.35. The van der Waals surface area contributed by atoms with Gasteiger partial charge in [0.05, 0.1) is 6.42 Å². The van der Waals surface area contributed by atoms with Crippen LogP contribution in [0.25, 0.3) is 0 Å². The Morgan fingerprint density at radius 2 is 2.14 bits per heavy atom. The maximum Gasteiger partial charge on any atom is 0.334 e. The van der Waals surface area contributed by atoms with Crippen molar-refractivity contribution in [2.75, 3.05) is 26.4 Å². The quantitative estimate of drug-likeness (QED) is 0.704. The molecule has 0 unspecified atom stereocenters. The summed E-state index contributed by atoms with van der Waals surface area (Å²) in [6.07, 6.45) is 4.19. The molecule has 0 atom stereocenters. The van der Waals surface area contributed by atoms with E-state index in [1.54, 1.807) is 6.08 Å². The zero-order chi connectivity index (χ0) is 15.7. The van der Waals surface area contributed by atoms with Crippen LogP contribution in [0.1, 0.15) is 19.3 Å². The molecule has 8 heteroatoms. The van der Waals surface area contributed by atoms with Crippen LogP contribution in [-0.4, -0.2) is 61.0 Å². The first-order chi connectivity index (χ1) is 10.2. The van der Waals surface area contributed by atoms with Crippen LogP contribution in [0, 0.1) is 0 Å². The molecule has 0 aromatic heterocycles. The van der Waals surface area contributed by atoms with Gasteiger partial charge in [0.1, 0.15) is 6.79 Å². The normalized spacial score (nSPS) is 18.1. The number of ether oxygens (including phenoxy) is 1. The standard InChI is InChI=1S/C12H16N2O5.CH2O/c15-10-3-1-6-13(10)7-5-12(17)19-14-9-18-8-2-4-11(14)16;1-2/h1,3H,2,4-9H2;1H2. The largest absolute Gasteiger partial charge is 0.358 e. The predicted molar refractivity (Wildman–Crippen MR) is 70.4 cm³/mol. The van der Waals surface area contributed by atoms with Crippen molar-refractivity contribution in [3.8, 4) is 0 Å². The molecular formula is C13H18N2O6. The smallest absolute Gasteiger partial charge is 0.334 e. The first-order valence-corrected chi connectivity index (χ1v) is 6.50. The molecule has 8 nitrogen and oxygen atoms in total. The monoisotopic (exact) mass is 298 g/mol. The fraction of sp³-hybridized carbons (Fsp3) is 0.538. The third-order valence-electron chi connectivity index (χ3n) is 2.86. The molecule has 116 valence electrons. The summed E-state index contributed by atoms with van der Waals surface area (Å²) < 4.78 is 5.13. The van der Waals surface area contributed by atoms with Crippen LogP contribution in [0.3, 0.4) is 0 Å². The van der Waals surface area contributed by atoms with Gasteiger partial charge in [-0.3, -0.25) is 9.59 Å². The first kappa shape index (κ1) is 16.8. The van der Waals surface area contributed by atoms with E-state index >= 15 is 0 Å². The maximum absolute atomic E-state index is 11.6. The molecule has 0 N–H and O–H groups in total. The second-order valence-corrected chi connectivity index (χ2v) is 4.31. The molecule has 2 heterocycles. The minimum Gasteiger partial charge on any atom is -0.358 e. The zero-order valence-electron chi connectivity index (χ0n) is 11.7. The van der Waals surface area contributed by atoms with Gasteiger partial charge in [0, 0.05) is 32.2 Å². The van der Waals surface area contributed by atoms with Crippen molar-refractivity contribution >= 4 is 24.6 Å². The summed E-state index contributed by atoms with van der Waals surface area (Å²) in [7, 11) is 0. The van der Waals surface area contributed by atoms with Gasteiger partial charge in [0.15, 0.2) is 6.73 Å². The molecule has 0 aromatic rings. The van der Waals surface area contributed by atoms with Crippen LogP contribution in [0.5, 0.6) is 0 Å². The lowest BCUT2D eigenvalue weighted by molar-refractivity contribution is -0.212. The molecule has 0 radical (unpaired) electrons. The van der Waals surface area contributed by atoms with Crippen molar-refractivity contribution in [2.24, 2.45) is 0 Å². The molecule has 0 spiro atoms. The van der Waals surface area contributed by atoms with E-state index in [-0.39, 0.29) is 31.5 Å². The van der Waals surface area contributed by atoms with Crippen LogP contribution >= 0.6 is 0 Å². The van der Waals surface area contributed by atoms with Crippen LogP contribution in [-0.2, 0) is 28.8 Å². The fourth-order valence-electron chi connectivity index (χ4n) is 1.82. The van der Waals surface area contributed by atoms with Gasteiger partial charge in [0.25, 0.3) is 5.91 Å². The highest BCUT2D eigenvalue weighted by Crippen LogP contribution is 2.08. The minimum absolute atomic E-state index is 0.0330. The lowest BCUT2D eigenvalue weighted by Crippen LogP contribution is -2.35. The number of rotatable bonds is 4. The van der Waals surface area contributed by atoms with Crippen LogP contribution in [0.2, 0.25) is 0 Å². The Balaban J connectivity index is 0.00000106. The number of hydrogen-bond acceptors (Lipinski definition) is 6. The summed E-state index contributed by atoms with van der Waals surface area (Å²) in [6, 6.07) is 0. The van der Waals surface area contributed by atoms with E-state index in [1.165, 1.54) is 11.0 Å². The number of carbonyl (C=O) groups is 4. The third-order valence-corrected chi connectivity index (χ3v) is 2.86. The van der Waals surface area contributed by atoms with E-state index in [9.17, 15) is 14.4 Å². The summed E-state index contributed by atoms with van der Waals surface area (Å²) >= 11 is 0. The molecule has 0 aliphatic carbocycles. The van der Waals surface area contributed by atoms with Gasteiger partial charge in [-0.15, -0.1) is 5.06 Å². The molecule has 2 aliphatic rings. The highest BCUT2D eigenvalue weighted by atomic mass is 16.7. The SMILES string of the molecule is C=O.O=C(CCN1CC=CC1=O)ON1COCCCC1=O. The van der Waals surface area contributed by atoms with Crippen LogP contribution < -0.4 is 0 Å². The van der Waals surface area contributed by atoms with E-state index in [4.69, 9.17) is 14.4 Å². The van der Waals surface area contributed by atoms with Gasteiger partial charge >= 0.3 is 5.97 Å². The highest BCUT2D eigenvalue weighted by Gasteiger charge is 2.22. The van der Waals surface area contributed by atoms with Crippen molar-refractivity contribution in [3.05, 3.63) is 12.2 Å². The molecule has 1 saturated heterocycles. The second kappa shape index (κ2) is 8.85. The molecule has 21 heavy (non-hydrogen) atoms. The van der Waals surface area contributed by atoms with E-state index in [2.05, 4.69) is 0 Å². The average molecular weight is 298 g/mol. The first-order valence-electron chi connectivity index (χ1n) is 6.50. The van der Waals surface area contributed by atoms with Gasteiger partial charge in [-0.25, -0.2) is 4.79 Å². The van der Waals surface area contributed by atoms with E-state index in [0.29, 0.717) is 26.0 Å². The molecular weight excluding hydrogens is 280 g/mol. The maximum atomic E-state index is 11.6. The van der Waals surface area contributed by atoms with Gasteiger partial charge in [0.2, 0.25) is 5.91 Å². The summed E-state index contributed by atoms with van der Waals surface area (Å²) in [5.41, 5.74) is 0. The van der Waals surface area contributed by atoms with E-state index < -0.39 is 5.97 Å². The van der Waals surface area contributed by atoms with Gasteiger partial charge in [-0.1, -0.05) is 6.08 Å². The van der Waals surface area contributed by atoms with Gasteiger partial charge in [-0.2, -0.15) is 0 Å². The molecule has 0 bridgehead atoms. The summed E-state index contributed by atoms with van der Waals surface area (Å²) in [5.74, 6) is -0.912. The van der Waals surface area contributed by atoms with Crippen LogP contribution in [0.4, 0.5) is 0 Å². The topological polar surface area (TPSA) is 93.2 Å². The Bertz CT molecular complexity index is 423. The molecule has 2 amide bonds. The van der Waals surface area contributed by atoms with E-state index in [1.807, 2.05) is 6.79 Å². The lowest BCUT2D eigenvalue weighted by atomic mass is 10.3. The highest BCUT2D eigenvalue weighted by molar-refractivity contribution is 5.90. The summed E-state index contributed by atoms with van der Waals surface area (Å²) in [4.78, 5) is 48.9. The summed E-state index contributed by atoms with van der Waals surface area (Å²) in [5, 5.41) is 0.944. The molecule has 2 rings (SSSR count). The summed E-state index contributed by atoms with van der Waals surface area (Å²) in [6.45, 7) is 3.24. The average Bonchev–Trinajstić information content (AvgIpc) is 2.80. The number of amides is 2. The number of carbonyl (C=O) groups excluding carboxylic acids is 4. The Hall–Kier alpha value is -2.22. The number of hydrogen-bond donors (Lipinski definition) is 0. The van der Waals surface area contributed by atoms with Crippen molar-refractivity contribution < 1.29 is 28.8 Å². The van der Waals surface area contributed by atoms with E-state index in [0.717, 1.165) is 5.06 Å². The molecule has 2 aliphatic heterocycles. The van der Waals surface area contributed by atoms with Crippen molar-refractivity contribution in [2.45, 2.75) is 19.3 Å². The molecule has 1 fully saturated rings. The Kier molecular flexibility index (Phi) is 7.10. The van der Waals surface area contributed by atoms with Crippen LogP contribution in [0.15, 0.2) is 12.2 Å². The lowest BCUT2D eigenvalue weighted by Gasteiger charge is -2.19.